The van der Waals surface area contributed by atoms with Crippen LogP contribution in [0.4, 0.5) is 10.5 Å². The zero-order valence-electron chi connectivity index (χ0n) is 24.4. The monoisotopic (exact) mass is 608 g/mol. The van der Waals surface area contributed by atoms with Gasteiger partial charge in [0.05, 0.1) is 30.3 Å². The number of ether oxygens (including phenoxy) is 2. The minimum atomic E-state index is -0.403. The number of aliphatic hydroxyl groups excluding tert-OH is 1. The summed E-state index contributed by atoms with van der Waals surface area (Å²) < 4.78 is 10.6. The SMILES string of the molecule is COCCN(Cc1ccccc1)C(=O)CNC(=O)N1Cc2ccccc2N(C(=O)c2ccc(OCCO)cc2Cl)C[C@H]1C. The Morgan fingerprint density at radius 3 is 2.51 bits per heavy atom. The second kappa shape index (κ2) is 15.4. The third kappa shape index (κ3) is 8.25. The number of halogens is 1. The number of fused-ring (bicyclic) bond motifs is 1. The van der Waals surface area contributed by atoms with Crippen LogP contribution in [-0.4, -0.2) is 85.4 Å². The van der Waals surface area contributed by atoms with Crippen molar-refractivity contribution in [2.75, 3.05) is 51.5 Å². The van der Waals surface area contributed by atoms with Gasteiger partial charge in [0.25, 0.3) is 5.91 Å². The van der Waals surface area contributed by atoms with Gasteiger partial charge in [-0.3, -0.25) is 9.59 Å². The van der Waals surface area contributed by atoms with Gasteiger partial charge >= 0.3 is 6.03 Å². The number of anilines is 1. The highest BCUT2D eigenvalue weighted by Gasteiger charge is 2.32. The molecular formula is C32H37ClN4O6. The van der Waals surface area contributed by atoms with E-state index in [4.69, 9.17) is 26.2 Å². The van der Waals surface area contributed by atoms with Crippen LogP contribution in [-0.2, 0) is 22.6 Å². The number of hydrogen-bond donors (Lipinski definition) is 2. The van der Waals surface area contributed by atoms with Crippen LogP contribution < -0.4 is 15.0 Å². The standard InChI is InChI=1S/C32H37ClN4O6/c1-23-20-37(31(40)27-13-12-26(18-28(27)33)43-17-15-38)29-11-7-6-10-25(29)22-36(23)32(41)34-19-30(39)35(14-16-42-2)21-24-8-4-3-5-9-24/h3-13,18,23,38H,14-17,19-22H2,1-2H3,(H,34,41)/t23-/m1/s1. The maximum Gasteiger partial charge on any atom is 0.318 e. The topological polar surface area (TPSA) is 112 Å². The number of para-hydroxylation sites is 1. The van der Waals surface area contributed by atoms with Crippen LogP contribution >= 0.6 is 11.6 Å². The maximum atomic E-state index is 13.8. The molecule has 0 aliphatic carbocycles. The van der Waals surface area contributed by atoms with Crippen molar-refractivity contribution in [3.63, 3.8) is 0 Å². The molecule has 0 radical (unpaired) electrons. The van der Waals surface area contributed by atoms with Crippen molar-refractivity contribution in [1.82, 2.24) is 15.1 Å². The molecule has 0 aromatic heterocycles. The lowest BCUT2D eigenvalue weighted by atomic mass is 10.1. The molecule has 4 rings (SSSR count). The number of carbonyl (C=O) groups is 3. The number of nitrogens with one attached hydrogen (secondary N) is 1. The van der Waals surface area contributed by atoms with Crippen molar-refractivity contribution in [2.24, 2.45) is 0 Å². The molecule has 1 atom stereocenters. The van der Waals surface area contributed by atoms with Crippen molar-refractivity contribution < 1.29 is 29.0 Å². The Kier molecular flexibility index (Phi) is 11.4. The molecule has 1 aliphatic heterocycles. The average Bonchev–Trinajstić information content (AvgIpc) is 3.17. The zero-order chi connectivity index (χ0) is 30.8. The van der Waals surface area contributed by atoms with Gasteiger partial charge in [-0.1, -0.05) is 60.1 Å². The maximum absolute atomic E-state index is 13.8. The van der Waals surface area contributed by atoms with Gasteiger partial charge in [-0.2, -0.15) is 0 Å². The van der Waals surface area contributed by atoms with E-state index in [0.29, 0.717) is 31.1 Å². The molecule has 10 nitrogen and oxygen atoms in total. The summed E-state index contributed by atoms with van der Waals surface area (Å²) in [7, 11) is 1.58. The quantitative estimate of drug-likeness (QED) is 0.341. The Hall–Kier alpha value is -4.12. The van der Waals surface area contributed by atoms with Gasteiger partial charge in [-0.15, -0.1) is 0 Å². The van der Waals surface area contributed by atoms with Gasteiger partial charge in [-0.25, -0.2) is 4.79 Å². The lowest BCUT2D eigenvalue weighted by Crippen LogP contribution is -2.50. The summed E-state index contributed by atoms with van der Waals surface area (Å²) in [5.41, 5.74) is 2.73. The second-order valence-electron chi connectivity index (χ2n) is 10.2. The number of benzene rings is 3. The molecule has 2 N–H and O–H groups in total. The Morgan fingerprint density at radius 2 is 1.79 bits per heavy atom. The lowest BCUT2D eigenvalue weighted by Gasteiger charge is -2.30. The number of methoxy groups -OCH3 is 1. The van der Waals surface area contributed by atoms with Gasteiger partial charge in [0.15, 0.2) is 0 Å². The highest BCUT2D eigenvalue weighted by molar-refractivity contribution is 6.34. The predicted octanol–water partition coefficient (Wildman–Crippen LogP) is 3.95. The second-order valence-corrected chi connectivity index (χ2v) is 10.6. The first kappa shape index (κ1) is 31.8. The Labute approximate surface area is 256 Å². The summed E-state index contributed by atoms with van der Waals surface area (Å²) in [6.45, 7) is 3.29. The lowest BCUT2D eigenvalue weighted by molar-refractivity contribution is -0.131. The summed E-state index contributed by atoms with van der Waals surface area (Å²) in [5, 5.41) is 12.0. The number of urea groups is 1. The summed E-state index contributed by atoms with van der Waals surface area (Å²) in [6.07, 6.45) is 0. The van der Waals surface area contributed by atoms with Crippen LogP contribution in [0.5, 0.6) is 5.75 Å². The van der Waals surface area contributed by atoms with E-state index >= 15 is 0 Å². The molecule has 0 saturated carbocycles. The van der Waals surface area contributed by atoms with E-state index in [0.717, 1.165) is 11.1 Å². The normalized spacial score (nSPS) is 14.5. The molecule has 1 heterocycles. The van der Waals surface area contributed by atoms with E-state index in [1.807, 2.05) is 61.5 Å². The van der Waals surface area contributed by atoms with Crippen LogP contribution in [0.2, 0.25) is 5.02 Å². The number of amides is 4. The number of nitrogens with zero attached hydrogens (tertiary/aromatic N) is 3. The minimum absolute atomic E-state index is 0.113. The Balaban J connectivity index is 1.47. The molecular weight excluding hydrogens is 572 g/mol. The van der Waals surface area contributed by atoms with Crippen molar-refractivity contribution in [3.8, 4) is 5.75 Å². The highest BCUT2D eigenvalue weighted by atomic mass is 35.5. The third-order valence-electron chi connectivity index (χ3n) is 7.16. The van der Waals surface area contributed by atoms with E-state index in [9.17, 15) is 14.4 Å². The molecule has 0 bridgehead atoms. The smallest absolute Gasteiger partial charge is 0.318 e. The highest BCUT2D eigenvalue weighted by Crippen LogP contribution is 2.31. The van der Waals surface area contributed by atoms with E-state index in [-0.39, 0.29) is 61.3 Å². The molecule has 228 valence electrons. The van der Waals surface area contributed by atoms with Crippen LogP contribution in [0.3, 0.4) is 0 Å². The molecule has 1 aliphatic rings. The molecule has 0 spiro atoms. The van der Waals surface area contributed by atoms with Gasteiger partial charge in [0.1, 0.15) is 12.4 Å². The first-order valence-corrected chi connectivity index (χ1v) is 14.5. The van der Waals surface area contributed by atoms with Crippen LogP contribution in [0.25, 0.3) is 0 Å². The summed E-state index contributed by atoms with van der Waals surface area (Å²) in [6, 6.07) is 21.0. The van der Waals surface area contributed by atoms with Crippen LogP contribution in [0, 0.1) is 0 Å². The first-order valence-electron chi connectivity index (χ1n) is 14.1. The zero-order valence-corrected chi connectivity index (χ0v) is 25.1. The molecule has 4 amide bonds. The fourth-order valence-electron chi connectivity index (χ4n) is 4.90. The molecule has 3 aromatic rings. The van der Waals surface area contributed by atoms with E-state index in [1.54, 1.807) is 40.0 Å². The summed E-state index contributed by atoms with van der Waals surface area (Å²) in [4.78, 5) is 45.3. The average molecular weight is 609 g/mol. The summed E-state index contributed by atoms with van der Waals surface area (Å²) >= 11 is 6.48. The van der Waals surface area contributed by atoms with Crippen molar-refractivity contribution in [1.29, 1.82) is 0 Å². The van der Waals surface area contributed by atoms with E-state index in [2.05, 4.69) is 5.32 Å². The van der Waals surface area contributed by atoms with Crippen molar-refractivity contribution in [3.05, 3.63) is 94.5 Å². The molecule has 43 heavy (non-hydrogen) atoms. The molecule has 0 saturated heterocycles. The summed E-state index contributed by atoms with van der Waals surface area (Å²) in [5.74, 6) is -0.0951. The number of hydrogen-bond acceptors (Lipinski definition) is 6. The third-order valence-corrected chi connectivity index (χ3v) is 7.48. The molecule has 0 unspecified atom stereocenters. The van der Waals surface area contributed by atoms with Crippen molar-refractivity contribution in [2.45, 2.75) is 26.1 Å². The fraction of sp³-hybridized carbons (Fsp3) is 0.344. The fourth-order valence-corrected chi connectivity index (χ4v) is 5.15. The van der Waals surface area contributed by atoms with E-state index in [1.165, 1.54) is 0 Å². The molecule has 11 heteroatoms. The van der Waals surface area contributed by atoms with Gasteiger partial charge in [0.2, 0.25) is 5.91 Å². The van der Waals surface area contributed by atoms with Crippen molar-refractivity contribution >= 4 is 35.1 Å². The Morgan fingerprint density at radius 1 is 1.05 bits per heavy atom. The van der Waals surface area contributed by atoms with Crippen LogP contribution in [0.1, 0.15) is 28.4 Å². The minimum Gasteiger partial charge on any atom is -0.491 e. The first-order chi connectivity index (χ1) is 20.8. The Bertz CT molecular complexity index is 1410. The van der Waals surface area contributed by atoms with Gasteiger partial charge < -0.3 is 34.6 Å². The largest absolute Gasteiger partial charge is 0.491 e. The van der Waals surface area contributed by atoms with E-state index < -0.39 is 6.03 Å². The predicted molar refractivity (Wildman–Crippen MR) is 164 cm³/mol. The van der Waals surface area contributed by atoms with Gasteiger partial charge in [0, 0.05) is 45.0 Å². The number of aliphatic hydroxyl groups is 1. The molecule has 0 fully saturated rings. The number of rotatable bonds is 11. The van der Waals surface area contributed by atoms with Gasteiger partial charge in [-0.05, 0) is 42.3 Å². The number of carbonyl (C=O) groups excluding carboxylic acids is 3. The van der Waals surface area contributed by atoms with Crippen LogP contribution in [0.15, 0.2) is 72.8 Å². The molecule has 3 aromatic carbocycles.